The van der Waals surface area contributed by atoms with Gasteiger partial charge in [-0.15, -0.1) is 16.4 Å². The average Bonchev–Trinajstić information content (AvgIpc) is 2.96. The molecule has 1 N–H and O–H groups in total. The Bertz CT molecular complexity index is 490. The van der Waals surface area contributed by atoms with Gasteiger partial charge in [0.2, 0.25) is 0 Å². The van der Waals surface area contributed by atoms with E-state index in [-0.39, 0.29) is 6.04 Å². The summed E-state index contributed by atoms with van der Waals surface area (Å²) < 4.78 is 4.14. The van der Waals surface area contributed by atoms with E-state index in [1.807, 2.05) is 0 Å². The molecule has 5 heteroatoms. The highest BCUT2D eigenvalue weighted by atomic mass is 32.1. The number of aryl methyl sites for hydroxylation is 2. The van der Waals surface area contributed by atoms with Crippen LogP contribution in [0.2, 0.25) is 0 Å². The van der Waals surface area contributed by atoms with Crippen molar-refractivity contribution in [1.29, 1.82) is 0 Å². The number of hydrogen-bond acceptors (Lipinski definition) is 5. The summed E-state index contributed by atoms with van der Waals surface area (Å²) in [5.41, 5.74) is 2.52. The topological polar surface area (TPSA) is 37.8 Å². The number of rotatable bonds is 6. The zero-order valence-corrected chi connectivity index (χ0v) is 12.7. The van der Waals surface area contributed by atoms with Crippen molar-refractivity contribution in [1.82, 2.24) is 14.9 Å². The van der Waals surface area contributed by atoms with E-state index in [2.05, 4.69) is 47.1 Å². The van der Waals surface area contributed by atoms with Crippen molar-refractivity contribution in [2.75, 3.05) is 6.54 Å². The van der Waals surface area contributed by atoms with Crippen LogP contribution in [0.4, 0.5) is 0 Å². The second-order valence-electron chi connectivity index (χ2n) is 4.26. The average molecular weight is 281 g/mol. The zero-order chi connectivity index (χ0) is 13.0. The lowest BCUT2D eigenvalue weighted by Crippen LogP contribution is -2.22. The van der Waals surface area contributed by atoms with Gasteiger partial charge in [0.25, 0.3) is 0 Å². The molecule has 0 aliphatic heterocycles. The van der Waals surface area contributed by atoms with Gasteiger partial charge in [0.05, 0.1) is 16.6 Å². The van der Waals surface area contributed by atoms with E-state index < -0.39 is 0 Å². The Balaban J connectivity index is 2.35. The van der Waals surface area contributed by atoms with Crippen LogP contribution in [-0.2, 0) is 6.42 Å². The number of hydrogen-bond donors (Lipinski definition) is 1. The predicted octanol–water partition coefficient (Wildman–Crippen LogP) is 3.56. The summed E-state index contributed by atoms with van der Waals surface area (Å²) in [7, 11) is 0. The Kier molecular flexibility index (Phi) is 4.86. The van der Waals surface area contributed by atoms with Gasteiger partial charge in [0.1, 0.15) is 0 Å². The molecule has 0 aliphatic carbocycles. The third-order valence-electron chi connectivity index (χ3n) is 2.95. The van der Waals surface area contributed by atoms with Crippen molar-refractivity contribution < 1.29 is 0 Å². The van der Waals surface area contributed by atoms with E-state index in [9.17, 15) is 0 Å². The van der Waals surface area contributed by atoms with Crippen molar-refractivity contribution in [2.24, 2.45) is 0 Å². The van der Waals surface area contributed by atoms with Gasteiger partial charge in [-0.05, 0) is 48.4 Å². The van der Waals surface area contributed by atoms with E-state index >= 15 is 0 Å². The van der Waals surface area contributed by atoms with Gasteiger partial charge in [0, 0.05) is 4.88 Å². The Hall–Kier alpha value is -0.780. The summed E-state index contributed by atoms with van der Waals surface area (Å²) in [5.74, 6) is 0. The van der Waals surface area contributed by atoms with Gasteiger partial charge < -0.3 is 5.32 Å². The predicted molar refractivity (Wildman–Crippen MR) is 78.5 cm³/mol. The first-order chi connectivity index (χ1) is 8.77. The fourth-order valence-electron chi connectivity index (χ4n) is 2.09. The molecule has 0 amide bonds. The third kappa shape index (κ3) is 2.79. The SMILES string of the molecule is CCCc1nnsc1C(NCC)c1ccsc1C. The Labute approximate surface area is 116 Å². The second-order valence-corrected chi connectivity index (χ2v) is 6.16. The molecule has 0 saturated carbocycles. The molecule has 2 heterocycles. The molecule has 2 rings (SSSR count). The van der Waals surface area contributed by atoms with E-state index in [1.165, 1.54) is 26.9 Å². The van der Waals surface area contributed by atoms with Crippen LogP contribution in [0.25, 0.3) is 0 Å². The summed E-state index contributed by atoms with van der Waals surface area (Å²) in [6.07, 6.45) is 2.12. The molecular weight excluding hydrogens is 262 g/mol. The summed E-state index contributed by atoms with van der Waals surface area (Å²) >= 11 is 3.32. The van der Waals surface area contributed by atoms with Crippen LogP contribution in [-0.4, -0.2) is 16.1 Å². The molecule has 0 bridgehead atoms. The third-order valence-corrected chi connectivity index (χ3v) is 4.65. The summed E-state index contributed by atoms with van der Waals surface area (Å²) in [4.78, 5) is 2.65. The van der Waals surface area contributed by atoms with Gasteiger partial charge >= 0.3 is 0 Å². The Morgan fingerprint density at radius 3 is 2.83 bits per heavy atom. The minimum Gasteiger partial charge on any atom is -0.306 e. The number of nitrogens with zero attached hydrogens (tertiary/aromatic N) is 2. The molecular formula is C13H19N3S2. The van der Waals surface area contributed by atoms with Crippen LogP contribution in [0.1, 0.15) is 47.3 Å². The molecule has 2 aromatic heterocycles. The molecule has 0 aromatic carbocycles. The minimum absolute atomic E-state index is 0.253. The maximum Gasteiger partial charge on any atom is 0.0807 e. The lowest BCUT2D eigenvalue weighted by Gasteiger charge is -2.17. The lowest BCUT2D eigenvalue weighted by molar-refractivity contribution is 0.630. The highest BCUT2D eigenvalue weighted by molar-refractivity contribution is 7.10. The summed E-state index contributed by atoms with van der Waals surface area (Å²) in [6.45, 7) is 7.45. The van der Waals surface area contributed by atoms with Crippen molar-refractivity contribution in [2.45, 2.75) is 39.7 Å². The minimum atomic E-state index is 0.253. The molecule has 0 spiro atoms. The fourth-order valence-corrected chi connectivity index (χ4v) is 3.62. The van der Waals surface area contributed by atoms with Gasteiger partial charge in [-0.1, -0.05) is 24.8 Å². The van der Waals surface area contributed by atoms with E-state index in [0.29, 0.717) is 0 Å². The molecule has 0 saturated heterocycles. The largest absolute Gasteiger partial charge is 0.306 e. The Morgan fingerprint density at radius 2 is 2.22 bits per heavy atom. The maximum atomic E-state index is 4.28. The molecule has 0 fully saturated rings. The fraction of sp³-hybridized carbons (Fsp3) is 0.538. The highest BCUT2D eigenvalue weighted by Gasteiger charge is 2.21. The molecule has 3 nitrogen and oxygen atoms in total. The van der Waals surface area contributed by atoms with Gasteiger partial charge in [-0.2, -0.15) is 0 Å². The quantitative estimate of drug-likeness (QED) is 0.879. The van der Waals surface area contributed by atoms with Gasteiger partial charge in [-0.3, -0.25) is 0 Å². The molecule has 0 radical (unpaired) electrons. The first kappa shape index (κ1) is 13.6. The molecule has 0 aliphatic rings. The first-order valence-electron chi connectivity index (χ1n) is 6.36. The van der Waals surface area contributed by atoms with Crippen molar-refractivity contribution in [3.05, 3.63) is 32.5 Å². The maximum absolute atomic E-state index is 4.28. The van der Waals surface area contributed by atoms with Crippen molar-refractivity contribution in [3.63, 3.8) is 0 Å². The van der Waals surface area contributed by atoms with E-state index in [0.717, 1.165) is 25.1 Å². The van der Waals surface area contributed by atoms with E-state index in [1.54, 1.807) is 11.3 Å². The molecule has 18 heavy (non-hydrogen) atoms. The van der Waals surface area contributed by atoms with Crippen LogP contribution in [0, 0.1) is 6.92 Å². The normalized spacial score (nSPS) is 12.8. The van der Waals surface area contributed by atoms with E-state index in [4.69, 9.17) is 0 Å². The molecule has 1 atom stereocenters. The van der Waals surface area contributed by atoms with Crippen molar-refractivity contribution in [3.8, 4) is 0 Å². The zero-order valence-electron chi connectivity index (χ0n) is 11.1. The van der Waals surface area contributed by atoms with Crippen molar-refractivity contribution >= 4 is 22.9 Å². The number of aromatic nitrogens is 2. The van der Waals surface area contributed by atoms with Crippen LogP contribution < -0.4 is 5.32 Å². The second kappa shape index (κ2) is 6.41. The van der Waals surface area contributed by atoms with Crippen LogP contribution in [0.3, 0.4) is 0 Å². The first-order valence-corrected chi connectivity index (χ1v) is 8.01. The van der Waals surface area contributed by atoms with Gasteiger partial charge in [-0.25, -0.2) is 0 Å². The van der Waals surface area contributed by atoms with Crippen LogP contribution in [0.15, 0.2) is 11.4 Å². The van der Waals surface area contributed by atoms with Crippen LogP contribution >= 0.6 is 22.9 Å². The van der Waals surface area contributed by atoms with Crippen LogP contribution in [0.5, 0.6) is 0 Å². The molecule has 98 valence electrons. The smallest absolute Gasteiger partial charge is 0.0807 e. The standard InChI is InChI=1S/C13H19N3S2/c1-4-6-11-13(18-16-15-11)12(14-5-2)10-7-8-17-9(10)3/h7-8,12,14H,4-6H2,1-3H3. The number of thiophene rings is 1. The summed E-state index contributed by atoms with van der Waals surface area (Å²) in [6, 6.07) is 2.46. The van der Waals surface area contributed by atoms with Gasteiger partial charge in [0.15, 0.2) is 0 Å². The molecule has 1 unspecified atom stereocenters. The monoisotopic (exact) mass is 281 g/mol. The molecule has 2 aromatic rings. The Morgan fingerprint density at radius 1 is 1.39 bits per heavy atom. The lowest BCUT2D eigenvalue weighted by atomic mass is 10.0. The number of nitrogens with one attached hydrogen (secondary N) is 1. The summed E-state index contributed by atoms with van der Waals surface area (Å²) in [5, 5.41) is 10.0. The highest BCUT2D eigenvalue weighted by Crippen LogP contribution is 2.31.